The number of Topliss-reactive ketones (excluding diaryl/α,β-unsaturated/α-hetero) is 1. The smallest absolute Gasteiger partial charge is 0.191 e. The number of halogens is 1. The molecule has 0 amide bonds. The topological polar surface area (TPSA) is 50.1 Å². The fourth-order valence-electron chi connectivity index (χ4n) is 3.84. The summed E-state index contributed by atoms with van der Waals surface area (Å²) in [5, 5.41) is 9.77. The Morgan fingerprint density at radius 1 is 1.35 bits per heavy atom. The average molecular weight is 330 g/mol. The predicted octanol–water partition coefficient (Wildman–Crippen LogP) is 3.50. The maximum atomic E-state index is 13.0. The first-order chi connectivity index (χ1) is 9.66. The number of ether oxygens (including phenoxy) is 1. The third-order valence-corrected chi connectivity index (χ3v) is 5.32. The highest BCUT2D eigenvalue weighted by Gasteiger charge is 2.62. The van der Waals surface area contributed by atoms with Gasteiger partial charge in [-0.3, -0.25) is 4.79 Å². The molecule has 1 aliphatic heterocycles. The third kappa shape index (κ3) is 1.31. The zero-order valence-corrected chi connectivity index (χ0v) is 12.3. The summed E-state index contributed by atoms with van der Waals surface area (Å²) in [6.45, 7) is 0. The molecule has 0 spiro atoms. The van der Waals surface area contributed by atoms with Gasteiger partial charge in [0, 0.05) is 16.3 Å². The molecule has 4 atom stereocenters. The third-order valence-electron chi connectivity index (χ3n) is 4.83. The van der Waals surface area contributed by atoms with Gasteiger partial charge < -0.3 is 4.74 Å². The fourth-order valence-corrected chi connectivity index (χ4v) is 4.20. The van der Waals surface area contributed by atoms with E-state index in [1.807, 2.05) is 18.2 Å². The van der Waals surface area contributed by atoms with E-state index in [0.29, 0.717) is 11.3 Å². The molecule has 1 aromatic rings. The molecule has 1 aromatic carbocycles. The van der Waals surface area contributed by atoms with E-state index in [1.54, 1.807) is 6.07 Å². The molecule has 0 unspecified atom stereocenters. The molecule has 20 heavy (non-hydrogen) atoms. The van der Waals surface area contributed by atoms with Crippen molar-refractivity contribution in [2.24, 2.45) is 17.3 Å². The van der Waals surface area contributed by atoms with Crippen LogP contribution in [0.25, 0.3) is 0 Å². The first-order valence-corrected chi connectivity index (χ1v) is 7.56. The van der Waals surface area contributed by atoms with Crippen molar-refractivity contribution in [1.82, 2.24) is 0 Å². The van der Waals surface area contributed by atoms with Gasteiger partial charge in [-0.1, -0.05) is 28.1 Å². The molecule has 4 heteroatoms. The van der Waals surface area contributed by atoms with E-state index >= 15 is 0 Å². The number of carbonyl (C=O) groups excluding carboxylic acids is 1. The van der Waals surface area contributed by atoms with E-state index in [1.165, 1.54) is 0 Å². The van der Waals surface area contributed by atoms with Crippen molar-refractivity contribution in [3.8, 4) is 11.8 Å². The molecule has 0 N–H and O–H groups in total. The number of nitrogens with zero attached hydrogens (tertiary/aromatic N) is 1. The molecule has 5 rings (SSSR count). The Balaban J connectivity index is 1.95. The van der Waals surface area contributed by atoms with Crippen LogP contribution >= 0.6 is 15.9 Å². The van der Waals surface area contributed by atoms with Crippen LogP contribution in [-0.2, 0) is 0 Å². The van der Waals surface area contributed by atoms with Crippen LogP contribution in [0.15, 0.2) is 34.8 Å². The minimum Gasteiger partial charge on any atom is -0.487 e. The van der Waals surface area contributed by atoms with E-state index in [0.717, 1.165) is 17.3 Å². The summed E-state index contributed by atoms with van der Waals surface area (Å²) in [5.41, 5.74) is -0.510. The van der Waals surface area contributed by atoms with Gasteiger partial charge in [0.05, 0.1) is 11.6 Å². The monoisotopic (exact) mass is 329 g/mol. The Hall–Kier alpha value is -1.60. The summed E-state index contributed by atoms with van der Waals surface area (Å²) in [4.78, 5) is 13.0. The number of carbonyl (C=O) groups is 1. The van der Waals surface area contributed by atoms with Crippen LogP contribution in [0, 0.1) is 28.6 Å². The average Bonchev–Trinajstić information content (AvgIpc) is 2.49. The van der Waals surface area contributed by atoms with Crippen molar-refractivity contribution in [2.45, 2.75) is 18.9 Å². The van der Waals surface area contributed by atoms with Crippen LogP contribution in [-0.4, -0.2) is 11.9 Å². The van der Waals surface area contributed by atoms with Crippen molar-refractivity contribution in [3.05, 3.63) is 40.4 Å². The summed E-state index contributed by atoms with van der Waals surface area (Å²) >= 11 is 3.38. The molecule has 0 radical (unpaired) electrons. The fraction of sp³-hybridized carbons (Fsp3) is 0.375. The van der Waals surface area contributed by atoms with Crippen molar-refractivity contribution >= 4 is 21.7 Å². The number of rotatable bonds is 0. The summed E-state index contributed by atoms with van der Waals surface area (Å²) < 4.78 is 6.90. The first kappa shape index (κ1) is 12.2. The van der Waals surface area contributed by atoms with Gasteiger partial charge in [0.25, 0.3) is 0 Å². The molecule has 1 fully saturated rings. The minimum atomic E-state index is -1.04. The number of nitriles is 1. The van der Waals surface area contributed by atoms with Gasteiger partial charge in [0.1, 0.15) is 11.9 Å². The largest absolute Gasteiger partial charge is 0.487 e. The molecule has 0 saturated heterocycles. The van der Waals surface area contributed by atoms with Gasteiger partial charge in [0.15, 0.2) is 11.2 Å². The maximum Gasteiger partial charge on any atom is 0.191 e. The molecule has 1 heterocycles. The van der Waals surface area contributed by atoms with Gasteiger partial charge in [-0.2, -0.15) is 5.26 Å². The van der Waals surface area contributed by atoms with E-state index in [4.69, 9.17) is 4.74 Å². The van der Waals surface area contributed by atoms with Crippen LogP contribution in [0.1, 0.15) is 23.2 Å². The van der Waals surface area contributed by atoms with Crippen LogP contribution in [0.3, 0.4) is 0 Å². The normalized spacial score (nSPS) is 36.8. The molecule has 3 nitrogen and oxygen atoms in total. The number of fused-ring (bicyclic) bond motifs is 2. The molecule has 4 aliphatic rings. The summed E-state index contributed by atoms with van der Waals surface area (Å²) in [6.07, 6.45) is 5.71. The Morgan fingerprint density at radius 3 is 2.90 bits per heavy atom. The molecule has 1 saturated carbocycles. The van der Waals surface area contributed by atoms with Crippen molar-refractivity contribution in [1.29, 1.82) is 5.26 Å². The highest BCUT2D eigenvalue weighted by molar-refractivity contribution is 9.10. The van der Waals surface area contributed by atoms with Crippen LogP contribution in [0.4, 0.5) is 0 Å². The Bertz CT molecular complexity index is 690. The SMILES string of the molecule is N#C[C@]12C(=O)c3cc(Br)ccc3O[C@H]1[C@H]1C=C[C@@H]2CC1. The molecule has 2 bridgehead atoms. The lowest BCUT2D eigenvalue weighted by Crippen LogP contribution is -2.59. The number of ketones is 1. The van der Waals surface area contributed by atoms with E-state index < -0.39 is 5.41 Å². The van der Waals surface area contributed by atoms with Gasteiger partial charge >= 0.3 is 0 Å². The number of benzene rings is 1. The highest BCUT2D eigenvalue weighted by atomic mass is 79.9. The number of allylic oxidation sites excluding steroid dienone is 1. The lowest BCUT2D eigenvalue weighted by Gasteiger charge is -2.51. The first-order valence-electron chi connectivity index (χ1n) is 6.77. The van der Waals surface area contributed by atoms with Crippen LogP contribution in [0.5, 0.6) is 5.75 Å². The minimum absolute atomic E-state index is 0.0258. The Morgan fingerprint density at radius 2 is 2.20 bits per heavy atom. The molecular formula is C16H12BrNO2. The second kappa shape index (κ2) is 3.95. The zero-order chi connectivity index (χ0) is 13.9. The molecule has 3 aliphatic carbocycles. The van der Waals surface area contributed by atoms with Crippen LogP contribution in [0.2, 0.25) is 0 Å². The zero-order valence-electron chi connectivity index (χ0n) is 10.7. The Labute approximate surface area is 125 Å². The summed E-state index contributed by atoms with van der Waals surface area (Å²) in [7, 11) is 0. The summed E-state index contributed by atoms with van der Waals surface area (Å²) in [6, 6.07) is 7.76. The lowest BCUT2D eigenvalue weighted by atomic mass is 9.54. The van der Waals surface area contributed by atoms with Gasteiger partial charge in [0.2, 0.25) is 0 Å². The molecular weight excluding hydrogens is 318 g/mol. The predicted molar refractivity (Wildman–Crippen MR) is 76.3 cm³/mol. The lowest BCUT2D eigenvalue weighted by molar-refractivity contribution is -0.0177. The van der Waals surface area contributed by atoms with E-state index in [2.05, 4.69) is 28.1 Å². The highest BCUT2D eigenvalue weighted by Crippen LogP contribution is 2.55. The number of hydrogen-bond donors (Lipinski definition) is 0. The van der Waals surface area contributed by atoms with Crippen molar-refractivity contribution < 1.29 is 9.53 Å². The van der Waals surface area contributed by atoms with Crippen molar-refractivity contribution in [3.63, 3.8) is 0 Å². The van der Waals surface area contributed by atoms with E-state index in [9.17, 15) is 10.1 Å². The second-order valence-electron chi connectivity index (χ2n) is 5.72. The second-order valence-corrected chi connectivity index (χ2v) is 6.64. The summed E-state index contributed by atoms with van der Waals surface area (Å²) in [5.74, 6) is 0.671. The quantitative estimate of drug-likeness (QED) is 0.684. The van der Waals surface area contributed by atoms with Crippen LogP contribution < -0.4 is 4.74 Å². The number of hydrogen-bond acceptors (Lipinski definition) is 3. The van der Waals surface area contributed by atoms with Crippen molar-refractivity contribution in [2.75, 3.05) is 0 Å². The Kier molecular flexibility index (Phi) is 2.41. The van der Waals surface area contributed by atoms with Gasteiger partial charge in [-0.15, -0.1) is 0 Å². The van der Waals surface area contributed by atoms with Gasteiger partial charge in [-0.25, -0.2) is 0 Å². The van der Waals surface area contributed by atoms with Gasteiger partial charge in [-0.05, 0) is 31.0 Å². The van der Waals surface area contributed by atoms with E-state index in [-0.39, 0.29) is 23.7 Å². The standard InChI is InChI=1S/C16H12BrNO2/c17-11-5-6-13-12(7-11)14(19)16(8-18)10-3-1-9(2-4-10)15(16)20-13/h1,3,5-7,9-10,15H,2,4H2/t9-,10+,15-,16-/m0/s1. The maximum absolute atomic E-state index is 13.0. The molecule has 0 aromatic heterocycles. The molecule has 100 valence electrons.